The van der Waals surface area contributed by atoms with Crippen molar-refractivity contribution in [2.24, 2.45) is 17.3 Å². The fourth-order valence-electron chi connectivity index (χ4n) is 4.82. The van der Waals surface area contributed by atoms with Crippen molar-refractivity contribution in [2.75, 3.05) is 0 Å². The molecule has 1 saturated carbocycles. The molecule has 1 aromatic rings. The molecule has 2 nitrogen and oxygen atoms in total. The Morgan fingerprint density at radius 1 is 1.04 bits per heavy atom. The van der Waals surface area contributed by atoms with Crippen LogP contribution in [0.25, 0.3) is 0 Å². The second-order valence-corrected chi connectivity index (χ2v) is 15.5. The number of halogens is 2. The molecule has 1 aliphatic carbocycles. The highest BCUT2D eigenvalue weighted by atomic mass is 35.5. The fraction of sp³-hybridized carbons (Fsp3) is 0.783. The molecule has 0 bridgehead atoms. The molecule has 5 heteroatoms. The number of nitrogens with zero attached hydrogens (tertiary/aromatic N) is 1. The average Bonchev–Trinajstić information content (AvgIpc) is 2.59. The quantitative estimate of drug-likeness (QED) is 0.337. The van der Waals surface area contributed by atoms with Crippen molar-refractivity contribution in [3.63, 3.8) is 0 Å². The van der Waals surface area contributed by atoms with E-state index >= 15 is 0 Å². The van der Waals surface area contributed by atoms with Crippen molar-refractivity contribution in [1.82, 2.24) is 4.98 Å². The first-order valence-corrected chi connectivity index (χ1v) is 14.4. The lowest BCUT2D eigenvalue weighted by molar-refractivity contribution is 0.104. The molecule has 28 heavy (non-hydrogen) atoms. The largest absolute Gasteiger partial charge is 0.410 e. The van der Waals surface area contributed by atoms with Crippen LogP contribution < -0.4 is 0 Å². The van der Waals surface area contributed by atoms with Gasteiger partial charge in [0.15, 0.2) is 8.32 Å². The molecule has 1 aromatic heterocycles. The number of pyridine rings is 1. The zero-order valence-corrected chi connectivity index (χ0v) is 21.2. The third-order valence-electron chi connectivity index (χ3n) is 6.61. The number of aromatic nitrogens is 1. The molecule has 0 amide bonds. The summed E-state index contributed by atoms with van der Waals surface area (Å²) in [6.45, 7) is 13.9. The summed E-state index contributed by atoms with van der Waals surface area (Å²) in [4.78, 5) is 4.14. The first-order valence-electron chi connectivity index (χ1n) is 11.1. The van der Waals surface area contributed by atoms with Crippen molar-refractivity contribution < 1.29 is 4.43 Å². The van der Waals surface area contributed by atoms with Crippen LogP contribution >= 0.6 is 23.2 Å². The van der Waals surface area contributed by atoms with Gasteiger partial charge >= 0.3 is 0 Å². The van der Waals surface area contributed by atoms with Gasteiger partial charge in [0, 0.05) is 18.0 Å². The molecule has 1 aliphatic rings. The van der Waals surface area contributed by atoms with Gasteiger partial charge in [-0.15, -0.1) is 0 Å². The molecule has 0 radical (unpaired) electrons. The standard InChI is InChI=1S/C23H39Cl2NOSi/c1-7-28(8-2,9-3)27-21(22-19(24)15-26-16-20(22)25)11-10-17-12-18(13-17)14-23(4,5)6/h15-18,21H,7-14H2,1-6H3. The smallest absolute Gasteiger partial charge is 0.192 e. The number of hydrogen-bond acceptors (Lipinski definition) is 2. The Hall–Kier alpha value is -0.0931. The molecule has 1 heterocycles. The van der Waals surface area contributed by atoms with Gasteiger partial charge in [-0.25, -0.2) is 0 Å². The zero-order valence-electron chi connectivity index (χ0n) is 18.7. The Morgan fingerprint density at radius 3 is 2.04 bits per heavy atom. The molecule has 0 spiro atoms. The van der Waals surface area contributed by atoms with Crippen LogP contribution in [0.5, 0.6) is 0 Å². The summed E-state index contributed by atoms with van der Waals surface area (Å²) < 4.78 is 6.90. The van der Waals surface area contributed by atoms with Gasteiger partial charge in [0.25, 0.3) is 0 Å². The number of hydrogen-bond donors (Lipinski definition) is 0. The highest BCUT2D eigenvalue weighted by molar-refractivity contribution is 6.73. The van der Waals surface area contributed by atoms with Crippen LogP contribution in [0.2, 0.25) is 28.2 Å². The van der Waals surface area contributed by atoms with Gasteiger partial charge in [0.1, 0.15) is 0 Å². The van der Waals surface area contributed by atoms with Crippen LogP contribution in [0.1, 0.15) is 85.3 Å². The van der Waals surface area contributed by atoms with Crippen molar-refractivity contribution in [3.05, 3.63) is 28.0 Å². The van der Waals surface area contributed by atoms with Gasteiger partial charge in [0.2, 0.25) is 0 Å². The van der Waals surface area contributed by atoms with Gasteiger partial charge in [0.05, 0.1) is 16.1 Å². The van der Waals surface area contributed by atoms with E-state index in [2.05, 4.69) is 46.5 Å². The lowest BCUT2D eigenvalue weighted by atomic mass is 9.67. The maximum absolute atomic E-state index is 6.90. The Kier molecular flexibility index (Phi) is 8.88. The maximum Gasteiger partial charge on any atom is 0.192 e. The summed E-state index contributed by atoms with van der Waals surface area (Å²) >= 11 is 13.1. The Labute approximate surface area is 183 Å². The monoisotopic (exact) mass is 443 g/mol. The zero-order chi connectivity index (χ0) is 20.9. The molecular weight excluding hydrogens is 405 g/mol. The molecule has 0 aromatic carbocycles. The summed E-state index contributed by atoms with van der Waals surface area (Å²) in [6.07, 6.45) is 9.66. The third kappa shape index (κ3) is 6.45. The van der Waals surface area contributed by atoms with E-state index in [-0.39, 0.29) is 6.10 Å². The van der Waals surface area contributed by atoms with E-state index in [1.165, 1.54) is 25.7 Å². The van der Waals surface area contributed by atoms with Gasteiger partial charge in [-0.2, -0.15) is 0 Å². The van der Waals surface area contributed by atoms with Crippen molar-refractivity contribution in [2.45, 2.75) is 97.9 Å². The SMILES string of the molecule is CC[Si](CC)(CC)OC(CCC1CC(CC(C)(C)C)C1)c1c(Cl)cncc1Cl. The van der Waals surface area contributed by atoms with Crippen LogP contribution in [-0.4, -0.2) is 13.3 Å². The summed E-state index contributed by atoms with van der Waals surface area (Å²) in [5, 5.41) is 1.28. The van der Waals surface area contributed by atoms with Gasteiger partial charge < -0.3 is 4.43 Å². The predicted octanol–water partition coefficient (Wildman–Crippen LogP) is 8.69. The lowest BCUT2D eigenvalue weighted by Crippen LogP contribution is -2.37. The topological polar surface area (TPSA) is 22.1 Å². The highest BCUT2D eigenvalue weighted by Gasteiger charge is 2.36. The van der Waals surface area contributed by atoms with E-state index in [4.69, 9.17) is 27.6 Å². The van der Waals surface area contributed by atoms with E-state index in [9.17, 15) is 0 Å². The van der Waals surface area contributed by atoms with E-state index in [1.54, 1.807) is 12.4 Å². The first kappa shape index (κ1) is 24.2. The van der Waals surface area contributed by atoms with Crippen LogP contribution in [0.4, 0.5) is 0 Å². The fourth-order valence-corrected chi connectivity index (χ4v) is 8.27. The van der Waals surface area contributed by atoms with Crippen LogP contribution in [0.15, 0.2) is 12.4 Å². The van der Waals surface area contributed by atoms with E-state index in [1.807, 2.05) is 0 Å². The van der Waals surface area contributed by atoms with Gasteiger partial charge in [-0.1, -0.05) is 64.7 Å². The maximum atomic E-state index is 6.90. The molecule has 160 valence electrons. The second-order valence-electron chi connectivity index (χ2n) is 9.91. The average molecular weight is 445 g/mol. The molecule has 0 aliphatic heterocycles. The minimum atomic E-state index is -1.76. The summed E-state index contributed by atoms with van der Waals surface area (Å²) in [5.74, 6) is 1.71. The summed E-state index contributed by atoms with van der Waals surface area (Å²) in [6, 6.07) is 3.40. The Balaban J connectivity index is 2.08. The lowest BCUT2D eigenvalue weighted by Gasteiger charge is -2.40. The number of rotatable bonds is 10. The Bertz CT molecular complexity index is 593. The van der Waals surface area contributed by atoms with Crippen LogP contribution in [-0.2, 0) is 4.43 Å². The van der Waals surface area contributed by atoms with Crippen molar-refractivity contribution >= 4 is 31.5 Å². The molecule has 1 unspecified atom stereocenters. The second kappa shape index (κ2) is 10.3. The van der Waals surface area contributed by atoms with E-state index < -0.39 is 8.32 Å². The summed E-state index contributed by atoms with van der Waals surface area (Å²) in [5.41, 5.74) is 1.39. The van der Waals surface area contributed by atoms with Gasteiger partial charge in [-0.3, -0.25) is 4.98 Å². The molecule has 0 saturated heterocycles. The molecular formula is C23H39Cl2NOSi. The van der Waals surface area contributed by atoms with Gasteiger partial charge in [-0.05, 0) is 67.5 Å². The normalized spacial score (nSPS) is 21.4. The molecule has 0 N–H and O–H groups in total. The first-order chi connectivity index (χ1) is 13.1. The predicted molar refractivity (Wildman–Crippen MR) is 125 cm³/mol. The minimum absolute atomic E-state index is 0.00353. The van der Waals surface area contributed by atoms with Crippen LogP contribution in [0, 0.1) is 17.3 Å². The molecule has 2 rings (SSSR count). The molecule has 1 atom stereocenters. The van der Waals surface area contributed by atoms with Crippen molar-refractivity contribution in [3.8, 4) is 0 Å². The Morgan fingerprint density at radius 2 is 1.57 bits per heavy atom. The highest BCUT2D eigenvalue weighted by Crippen LogP contribution is 2.46. The van der Waals surface area contributed by atoms with Crippen molar-refractivity contribution in [1.29, 1.82) is 0 Å². The molecule has 1 fully saturated rings. The summed E-state index contributed by atoms with van der Waals surface area (Å²) in [7, 11) is -1.76. The van der Waals surface area contributed by atoms with Crippen LogP contribution in [0.3, 0.4) is 0 Å². The third-order valence-corrected chi connectivity index (χ3v) is 11.9. The minimum Gasteiger partial charge on any atom is -0.410 e. The van der Waals surface area contributed by atoms with E-state index in [0.29, 0.717) is 15.5 Å². The van der Waals surface area contributed by atoms with E-state index in [0.717, 1.165) is 42.0 Å².